The summed E-state index contributed by atoms with van der Waals surface area (Å²) in [6.45, 7) is 3.99. The minimum absolute atomic E-state index is 0.0203. The Morgan fingerprint density at radius 2 is 1.70 bits per heavy atom. The van der Waals surface area contributed by atoms with Gasteiger partial charge in [-0.15, -0.1) is 5.10 Å². The number of amides is 2. The third kappa shape index (κ3) is 6.41. The molecule has 0 unspecified atom stereocenters. The maximum atomic E-state index is 12.8. The highest BCUT2D eigenvalue weighted by molar-refractivity contribution is 5.97. The molecule has 0 aliphatic carbocycles. The summed E-state index contributed by atoms with van der Waals surface area (Å²) < 4.78 is 7.76. The Balaban J connectivity index is 1.49. The van der Waals surface area contributed by atoms with Gasteiger partial charge in [0, 0.05) is 38.7 Å². The van der Waals surface area contributed by atoms with Crippen LogP contribution in [0.2, 0.25) is 0 Å². The van der Waals surface area contributed by atoms with E-state index >= 15 is 0 Å². The largest absolute Gasteiger partial charge is 0.493 e. The molecule has 8 nitrogen and oxygen atoms in total. The zero-order valence-electron chi connectivity index (χ0n) is 18.8. The van der Waals surface area contributed by atoms with Crippen molar-refractivity contribution in [2.45, 2.75) is 52.2 Å². The number of ether oxygens (including phenoxy) is 1. The van der Waals surface area contributed by atoms with Crippen molar-refractivity contribution >= 4 is 11.8 Å². The standard InChI is InChI=1S/C25H29N5O3/c1-18-6-11-22-23(14-18)33-13-3-12-30-17-21(28-29-30)4-2-5-24(31)26-15-19-7-9-20(10-8-19)16-27-25(22)32/h6-11,14,17H,2-5,12-13,15-16H2,1H3,(H,26,31)(H,27,32). The van der Waals surface area contributed by atoms with Crippen LogP contribution in [0.1, 0.15) is 52.0 Å². The van der Waals surface area contributed by atoms with E-state index in [1.165, 1.54) is 0 Å². The van der Waals surface area contributed by atoms with Gasteiger partial charge in [-0.3, -0.25) is 14.3 Å². The topological polar surface area (TPSA) is 98.1 Å². The number of carbonyl (C=O) groups excluding carboxylic acids is 2. The SMILES string of the molecule is Cc1ccc2c(c1)OCCCn1cc(nn1)CCCC(=O)NCc1ccc(cc1)CNC2=O. The van der Waals surface area contributed by atoms with Gasteiger partial charge in [0.05, 0.1) is 17.9 Å². The van der Waals surface area contributed by atoms with Crippen LogP contribution in [0.5, 0.6) is 5.75 Å². The van der Waals surface area contributed by atoms with Crippen molar-refractivity contribution in [3.63, 3.8) is 0 Å². The quantitative estimate of drug-likeness (QED) is 0.552. The Labute approximate surface area is 193 Å². The van der Waals surface area contributed by atoms with Crippen molar-refractivity contribution in [3.8, 4) is 5.75 Å². The van der Waals surface area contributed by atoms with E-state index in [9.17, 15) is 9.59 Å². The maximum Gasteiger partial charge on any atom is 0.255 e. The van der Waals surface area contributed by atoms with Crippen LogP contribution < -0.4 is 15.4 Å². The van der Waals surface area contributed by atoms with Crippen molar-refractivity contribution in [2.75, 3.05) is 6.61 Å². The molecule has 0 saturated heterocycles. The highest BCUT2D eigenvalue weighted by Crippen LogP contribution is 2.21. The number of nitrogens with zero attached hydrogens (tertiary/aromatic N) is 3. The molecule has 5 rings (SSSR count). The van der Waals surface area contributed by atoms with Crippen LogP contribution in [0.15, 0.2) is 48.7 Å². The molecule has 0 spiro atoms. The monoisotopic (exact) mass is 447 g/mol. The molecule has 2 aliphatic rings. The number of hydrogen-bond acceptors (Lipinski definition) is 5. The van der Waals surface area contributed by atoms with E-state index < -0.39 is 0 Å². The molecule has 0 radical (unpaired) electrons. The molecule has 2 aromatic carbocycles. The van der Waals surface area contributed by atoms with Gasteiger partial charge in [-0.1, -0.05) is 35.5 Å². The lowest BCUT2D eigenvalue weighted by molar-refractivity contribution is -0.121. The molecule has 0 atom stereocenters. The Hall–Kier alpha value is -3.68. The van der Waals surface area contributed by atoms with Crippen LogP contribution in [-0.2, 0) is 30.8 Å². The summed E-state index contributed by atoms with van der Waals surface area (Å²) in [6.07, 6.45) is 4.52. The number of benzene rings is 2. The van der Waals surface area contributed by atoms with Crippen LogP contribution in [0.25, 0.3) is 0 Å². The second-order valence-corrected chi connectivity index (χ2v) is 8.30. The number of hydrogen-bond donors (Lipinski definition) is 2. The van der Waals surface area contributed by atoms with Gasteiger partial charge in [0.25, 0.3) is 5.91 Å². The number of carbonyl (C=O) groups is 2. The second kappa shape index (κ2) is 10.8. The van der Waals surface area contributed by atoms with Crippen LogP contribution >= 0.6 is 0 Å². The molecule has 8 heteroatoms. The fourth-order valence-electron chi connectivity index (χ4n) is 3.68. The van der Waals surface area contributed by atoms with Crippen molar-refractivity contribution in [1.29, 1.82) is 0 Å². The third-order valence-electron chi connectivity index (χ3n) is 5.56. The first kappa shape index (κ1) is 22.5. The number of aryl methyl sites for hydroxylation is 3. The van der Waals surface area contributed by atoms with Crippen molar-refractivity contribution in [1.82, 2.24) is 25.6 Å². The lowest BCUT2D eigenvalue weighted by atomic mass is 10.1. The van der Waals surface area contributed by atoms with Crippen molar-refractivity contribution < 1.29 is 14.3 Å². The first-order valence-corrected chi connectivity index (χ1v) is 11.3. The molecule has 0 saturated carbocycles. The zero-order valence-corrected chi connectivity index (χ0v) is 18.8. The maximum absolute atomic E-state index is 12.8. The molecule has 2 amide bonds. The number of rotatable bonds is 0. The van der Waals surface area contributed by atoms with Crippen molar-refractivity contribution in [3.05, 3.63) is 76.6 Å². The van der Waals surface area contributed by atoms with Gasteiger partial charge in [-0.25, -0.2) is 0 Å². The van der Waals surface area contributed by atoms with Gasteiger partial charge < -0.3 is 15.4 Å². The fourth-order valence-corrected chi connectivity index (χ4v) is 3.68. The molecule has 3 aromatic rings. The summed E-state index contributed by atoms with van der Waals surface area (Å²) in [7, 11) is 0. The van der Waals surface area contributed by atoms with E-state index in [2.05, 4.69) is 20.9 Å². The molecular formula is C25H29N5O3. The highest BCUT2D eigenvalue weighted by Gasteiger charge is 2.13. The Bertz CT molecular complexity index is 1110. The number of aromatic nitrogens is 3. The Kier molecular flexibility index (Phi) is 7.34. The minimum atomic E-state index is -0.176. The third-order valence-corrected chi connectivity index (χ3v) is 5.56. The Morgan fingerprint density at radius 1 is 0.939 bits per heavy atom. The second-order valence-electron chi connectivity index (χ2n) is 8.30. The summed E-state index contributed by atoms with van der Waals surface area (Å²) in [6, 6.07) is 13.5. The van der Waals surface area contributed by atoms with Gasteiger partial charge in [0.15, 0.2) is 0 Å². The highest BCUT2D eigenvalue weighted by atomic mass is 16.5. The van der Waals surface area contributed by atoms with E-state index in [1.807, 2.05) is 49.5 Å². The summed E-state index contributed by atoms with van der Waals surface area (Å²) in [5.74, 6) is 0.427. The predicted octanol–water partition coefficient (Wildman–Crippen LogP) is 2.94. The molecule has 1 aromatic heterocycles. The minimum Gasteiger partial charge on any atom is -0.493 e. The van der Waals surface area contributed by atoms with Gasteiger partial charge in [0.1, 0.15) is 5.75 Å². The average molecular weight is 448 g/mol. The lowest BCUT2D eigenvalue weighted by Crippen LogP contribution is -2.24. The first-order valence-electron chi connectivity index (χ1n) is 11.3. The van der Waals surface area contributed by atoms with Crippen molar-refractivity contribution in [2.24, 2.45) is 0 Å². The van der Waals surface area contributed by atoms with Gasteiger partial charge in [-0.2, -0.15) is 0 Å². The number of fused-ring (bicyclic) bond motifs is 12. The summed E-state index contributed by atoms with van der Waals surface area (Å²) in [5.41, 5.74) is 4.42. The van der Waals surface area contributed by atoms with Crippen LogP contribution in [-0.4, -0.2) is 33.4 Å². The summed E-state index contributed by atoms with van der Waals surface area (Å²) in [5, 5.41) is 14.3. The normalized spacial score (nSPS) is 15.9. The smallest absolute Gasteiger partial charge is 0.255 e. The average Bonchev–Trinajstić information content (AvgIpc) is 3.27. The first-order chi connectivity index (χ1) is 16.1. The lowest BCUT2D eigenvalue weighted by Gasteiger charge is -2.13. The molecule has 3 heterocycles. The number of nitrogens with one attached hydrogen (secondary N) is 2. The van der Waals surface area contributed by atoms with E-state index in [4.69, 9.17) is 4.74 Å². The van der Waals surface area contributed by atoms with Crippen LogP contribution in [0, 0.1) is 6.92 Å². The van der Waals surface area contributed by atoms with E-state index in [0.717, 1.165) is 35.2 Å². The summed E-state index contributed by atoms with van der Waals surface area (Å²) in [4.78, 5) is 25.0. The molecular weight excluding hydrogens is 418 g/mol. The molecule has 2 aliphatic heterocycles. The van der Waals surface area contributed by atoms with Gasteiger partial charge >= 0.3 is 0 Å². The molecule has 33 heavy (non-hydrogen) atoms. The van der Waals surface area contributed by atoms with Gasteiger partial charge in [0.2, 0.25) is 5.91 Å². The van der Waals surface area contributed by atoms with E-state index in [0.29, 0.717) is 50.4 Å². The molecule has 172 valence electrons. The predicted molar refractivity (Wildman–Crippen MR) is 124 cm³/mol. The summed E-state index contributed by atoms with van der Waals surface area (Å²) >= 11 is 0. The van der Waals surface area contributed by atoms with Gasteiger partial charge in [-0.05, 0) is 48.6 Å². The fraction of sp³-hybridized carbons (Fsp3) is 0.360. The van der Waals surface area contributed by atoms with Crippen LogP contribution in [0.4, 0.5) is 0 Å². The molecule has 4 bridgehead atoms. The molecule has 0 fully saturated rings. The zero-order chi connectivity index (χ0) is 23.0. The van der Waals surface area contributed by atoms with Crippen LogP contribution in [0.3, 0.4) is 0 Å². The van der Waals surface area contributed by atoms with E-state index in [-0.39, 0.29) is 11.8 Å². The van der Waals surface area contributed by atoms with E-state index in [1.54, 1.807) is 10.7 Å². The Morgan fingerprint density at radius 3 is 2.48 bits per heavy atom. The molecule has 2 N–H and O–H groups in total.